The van der Waals surface area contributed by atoms with Crippen molar-refractivity contribution >= 4 is 33.6 Å². The molecule has 0 aliphatic heterocycles. The topological polar surface area (TPSA) is 93.6 Å². The lowest BCUT2D eigenvalue weighted by molar-refractivity contribution is -0.384. The zero-order valence-corrected chi connectivity index (χ0v) is 17.1. The van der Waals surface area contributed by atoms with Crippen LogP contribution in [0.2, 0.25) is 0 Å². The van der Waals surface area contributed by atoms with Gasteiger partial charge >= 0.3 is 0 Å². The summed E-state index contributed by atoms with van der Waals surface area (Å²) in [5.41, 5.74) is 2.58. The summed E-state index contributed by atoms with van der Waals surface area (Å²) in [6.07, 6.45) is 1.39. The molecule has 1 heterocycles. The van der Waals surface area contributed by atoms with E-state index in [9.17, 15) is 15.2 Å². The van der Waals surface area contributed by atoms with E-state index in [0.29, 0.717) is 5.82 Å². The summed E-state index contributed by atoms with van der Waals surface area (Å²) in [4.78, 5) is 15.0. The largest absolute Gasteiger partial charge is 0.507 e. The highest BCUT2D eigenvalue weighted by molar-refractivity contribution is 9.10. The van der Waals surface area contributed by atoms with Crippen molar-refractivity contribution in [1.29, 1.82) is 0 Å². The number of phenolic OH excluding ortho intramolecular Hbond substituents is 1. The van der Waals surface area contributed by atoms with Crippen LogP contribution in [0.25, 0.3) is 16.9 Å². The molecular weight excluding hydrogens is 448 g/mol. The number of halogens is 1. The maximum atomic E-state index is 11.0. The molecule has 4 aromatic rings. The first-order valence-electron chi connectivity index (χ1n) is 8.94. The van der Waals surface area contributed by atoms with E-state index in [1.165, 1.54) is 24.4 Å². The van der Waals surface area contributed by atoms with E-state index >= 15 is 0 Å². The average Bonchev–Trinajstić information content (AvgIpc) is 3.18. The molecule has 1 N–H and O–H groups in total. The standard InChI is InChI=1S/C22H15BrN4O3/c23-17-8-6-15(7-9-17)20-13-22(26(25-20)18-4-2-1-3-5-18)24-14-16-12-19(27(29)30)10-11-21(16)28/h1-14,28H. The minimum atomic E-state index is -0.517. The highest BCUT2D eigenvalue weighted by Crippen LogP contribution is 2.28. The van der Waals surface area contributed by atoms with Gasteiger partial charge in [0, 0.05) is 40.0 Å². The van der Waals surface area contributed by atoms with Crippen molar-refractivity contribution < 1.29 is 10.0 Å². The van der Waals surface area contributed by atoms with E-state index in [1.807, 2.05) is 60.7 Å². The lowest BCUT2D eigenvalue weighted by Crippen LogP contribution is -1.96. The van der Waals surface area contributed by atoms with Crippen LogP contribution >= 0.6 is 15.9 Å². The molecule has 0 unspecified atom stereocenters. The molecule has 0 atom stereocenters. The first-order valence-corrected chi connectivity index (χ1v) is 9.73. The average molecular weight is 463 g/mol. The Morgan fingerprint density at radius 1 is 1.03 bits per heavy atom. The van der Waals surface area contributed by atoms with Crippen molar-refractivity contribution in [3.63, 3.8) is 0 Å². The number of hydrogen-bond acceptors (Lipinski definition) is 5. The third-order valence-electron chi connectivity index (χ3n) is 4.39. The quantitative estimate of drug-likeness (QED) is 0.235. The molecule has 0 saturated heterocycles. The van der Waals surface area contributed by atoms with Gasteiger partial charge in [-0.3, -0.25) is 10.1 Å². The van der Waals surface area contributed by atoms with Crippen LogP contribution in [0, 0.1) is 10.1 Å². The molecule has 0 spiro atoms. The molecule has 148 valence electrons. The summed E-state index contributed by atoms with van der Waals surface area (Å²) >= 11 is 3.43. The summed E-state index contributed by atoms with van der Waals surface area (Å²) in [6, 6.07) is 22.9. The number of phenols is 1. The van der Waals surface area contributed by atoms with Crippen molar-refractivity contribution in [3.05, 3.63) is 99.0 Å². The number of nitro groups is 1. The Kier molecular flexibility index (Phi) is 5.40. The Bertz CT molecular complexity index is 1240. The fourth-order valence-corrected chi connectivity index (χ4v) is 3.14. The molecule has 30 heavy (non-hydrogen) atoms. The number of aromatic nitrogens is 2. The second-order valence-electron chi connectivity index (χ2n) is 6.40. The van der Waals surface area contributed by atoms with Crippen LogP contribution in [0.3, 0.4) is 0 Å². The first-order chi connectivity index (χ1) is 14.5. The van der Waals surface area contributed by atoms with Crippen LogP contribution in [0.4, 0.5) is 11.5 Å². The summed E-state index contributed by atoms with van der Waals surface area (Å²) in [5.74, 6) is 0.424. The Morgan fingerprint density at radius 3 is 2.47 bits per heavy atom. The van der Waals surface area contributed by atoms with Gasteiger partial charge in [0.25, 0.3) is 5.69 Å². The van der Waals surface area contributed by atoms with Gasteiger partial charge in [0.15, 0.2) is 5.82 Å². The second kappa shape index (κ2) is 8.30. The molecule has 0 bridgehead atoms. The monoisotopic (exact) mass is 462 g/mol. The fraction of sp³-hybridized carbons (Fsp3) is 0. The first kappa shape index (κ1) is 19.5. The minimum absolute atomic E-state index is 0.0942. The van der Waals surface area contributed by atoms with E-state index in [2.05, 4.69) is 26.0 Å². The van der Waals surface area contributed by atoms with Crippen LogP contribution in [-0.4, -0.2) is 26.0 Å². The Balaban J connectivity index is 1.78. The lowest BCUT2D eigenvalue weighted by atomic mass is 10.1. The minimum Gasteiger partial charge on any atom is -0.507 e. The van der Waals surface area contributed by atoms with Gasteiger partial charge in [0.1, 0.15) is 5.75 Å². The number of para-hydroxylation sites is 1. The SMILES string of the molecule is O=[N+]([O-])c1ccc(O)c(C=Nc2cc(-c3ccc(Br)cc3)nn2-c2ccccc2)c1. The summed E-state index contributed by atoms with van der Waals surface area (Å²) < 4.78 is 2.65. The molecule has 8 heteroatoms. The van der Waals surface area contributed by atoms with Gasteiger partial charge in [0.05, 0.1) is 16.3 Å². The molecule has 0 aliphatic rings. The van der Waals surface area contributed by atoms with Crippen LogP contribution < -0.4 is 0 Å². The summed E-state index contributed by atoms with van der Waals surface area (Å²) in [7, 11) is 0. The molecule has 0 aliphatic carbocycles. The number of rotatable bonds is 5. The molecule has 3 aromatic carbocycles. The molecular formula is C22H15BrN4O3. The van der Waals surface area contributed by atoms with Gasteiger partial charge in [0.2, 0.25) is 0 Å². The second-order valence-corrected chi connectivity index (χ2v) is 7.32. The predicted octanol–water partition coefficient (Wildman–Crippen LogP) is 5.67. The molecule has 0 radical (unpaired) electrons. The molecule has 0 fully saturated rings. The van der Waals surface area contributed by atoms with E-state index in [0.717, 1.165) is 21.4 Å². The zero-order valence-electron chi connectivity index (χ0n) is 15.5. The number of nitrogens with zero attached hydrogens (tertiary/aromatic N) is 4. The van der Waals surface area contributed by atoms with E-state index in [4.69, 9.17) is 0 Å². The van der Waals surface area contributed by atoms with Gasteiger partial charge < -0.3 is 5.11 Å². The number of aliphatic imine (C=N–C) groups is 1. The van der Waals surface area contributed by atoms with Gasteiger partial charge in [-0.25, -0.2) is 9.67 Å². The third-order valence-corrected chi connectivity index (χ3v) is 4.92. The molecule has 4 rings (SSSR count). The number of non-ortho nitro benzene ring substituents is 1. The fourth-order valence-electron chi connectivity index (χ4n) is 2.88. The normalized spacial score (nSPS) is 11.1. The van der Waals surface area contributed by atoms with Crippen LogP contribution in [0.1, 0.15) is 5.56 Å². The summed E-state index contributed by atoms with van der Waals surface area (Å²) in [5, 5.41) is 25.8. The highest BCUT2D eigenvalue weighted by Gasteiger charge is 2.12. The smallest absolute Gasteiger partial charge is 0.270 e. The predicted molar refractivity (Wildman–Crippen MR) is 119 cm³/mol. The van der Waals surface area contributed by atoms with Crippen LogP contribution in [0.15, 0.2) is 88.3 Å². The lowest BCUT2D eigenvalue weighted by Gasteiger charge is -2.04. The maximum Gasteiger partial charge on any atom is 0.270 e. The summed E-state index contributed by atoms with van der Waals surface area (Å²) in [6.45, 7) is 0. The van der Waals surface area contributed by atoms with Gasteiger partial charge in [-0.1, -0.05) is 46.3 Å². The number of benzene rings is 3. The van der Waals surface area contributed by atoms with Gasteiger partial charge in [-0.15, -0.1) is 0 Å². The van der Waals surface area contributed by atoms with Gasteiger partial charge in [-0.05, 0) is 30.3 Å². The van der Waals surface area contributed by atoms with Crippen molar-refractivity contribution in [2.24, 2.45) is 4.99 Å². The Hall–Kier alpha value is -3.78. The molecule has 7 nitrogen and oxygen atoms in total. The third kappa shape index (κ3) is 4.13. The molecule has 0 amide bonds. The molecule has 1 aromatic heterocycles. The van der Waals surface area contributed by atoms with Crippen molar-refractivity contribution in [2.45, 2.75) is 0 Å². The van der Waals surface area contributed by atoms with E-state index < -0.39 is 4.92 Å². The Morgan fingerprint density at radius 2 is 1.77 bits per heavy atom. The zero-order chi connectivity index (χ0) is 21.1. The Labute approximate surface area is 180 Å². The van der Waals surface area contributed by atoms with Crippen LogP contribution in [0.5, 0.6) is 5.75 Å². The van der Waals surface area contributed by atoms with E-state index in [1.54, 1.807) is 4.68 Å². The van der Waals surface area contributed by atoms with Crippen molar-refractivity contribution in [1.82, 2.24) is 9.78 Å². The highest BCUT2D eigenvalue weighted by atomic mass is 79.9. The number of hydrogen-bond donors (Lipinski definition) is 1. The van der Waals surface area contributed by atoms with Crippen LogP contribution in [-0.2, 0) is 0 Å². The number of aromatic hydroxyl groups is 1. The van der Waals surface area contributed by atoms with Gasteiger partial charge in [-0.2, -0.15) is 5.10 Å². The van der Waals surface area contributed by atoms with Crippen molar-refractivity contribution in [2.75, 3.05) is 0 Å². The maximum absolute atomic E-state index is 11.0. The molecule has 0 saturated carbocycles. The van der Waals surface area contributed by atoms with Crippen molar-refractivity contribution in [3.8, 4) is 22.7 Å². The number of nitro benzene ring substituents is 1. The van der Waals surface area contributed by atoms with E-state index in [-0.39, 0.29) is 17.0 Å².